The molecule has 0 radical (unpaired) electrons. The SMILES string of the molecule is C=CCCCOc1ccc(/C=C/C2CCC(c3ccc(C4CCC(OCCCC)CC4)c(F)c3F)CC2)c(F)c1. The van der Waals surface area contributed by atoms with E-state index in [4.69, 9.17) is 9.47 Å². The average Bonchev–Trinajstić information content (AvgIpc) is 2.97. The Kier molecular flexibility index (Phi) is 11.8. The summed E-state index contributed by atoms with van der Waals surface area (Å²) in [7, 11) is 0. The van der Waals surface area contributed by atoms with Gasteiger partial charge in [-0.3, -0.25) is 0 Å². The molecule has 0 bridgehead atoms. The molecule has 2 aromatic carbocycles. The van der Waals surface area contributed by atoms with Gasteiger partial charge in [0.2, 0.25) is 0 Å². The highest BCUT2D eigenvalue weighted by Crippen LogP contribution is 2.41. The molecule has 0 atom stereocenters. The lowest BCUT2D eigenvalue weighted by Gasteiger charge is -2.30. The predicted octanol–water partition coefficient (Wildman–Crippen LogP) is 10.3. The van der Waals surface area contributed by atoms with Crippen LogP contribution in [0.25, 0.3) is 6.08 Å². The maximum absolute atomic E-state index is 15.3. The van der Waals surface area contributed by atoms with Crippen LogP contribution in [0, 0.1) is 23.4 Å². The molecule has 2 fully saturated rings. The minimum atomic E-state index is -0.660. The van der Waals surface area contributed by atoms with Gasteiger partial charge in [0.1, 0.15) is 11.6 Å². The normalized spacial score (nSPS) is 23.4. The molecule has 0 saturated heterocycles. The number of allylic oxidation sites excluding steroid dienone is 2. The van der Waals surface area contributed by atoms with Crippen molar-refractivity contribution in [3.63, 3.8) is 0 Å². The van der Waals surface area contributed by atoms with E-state index in [-0.39, 0.29) is 23.8 Å². The third kappa shape index (κ3) is 8.25. The molecule has 0 amide bonds. The zero-order chi connectivity index (χ0) is 28.3. The lowest BCUT2D eigenvalue weighted by molar-refractivity contribution is 0.0230. The molecular weight excluding hydrogens is 509 g/mol. The van der Waals surface area contributed by atoms with E-state index >= 15 is 8.78 Å². The second-order valence-electron chi connectivity index (χ2n) is 11.5. The van der Waals surface area contributed by atoms with Crippen molar-refractivity contribution in [1.29, 1.82) is 0 Å². The molecular formula is C35H45F3O2. The maximum atomic E-state index is 15.3. The van der Waals surface area contributed by atoms with Gasteiger partial charge in [0.05, 0.1) is 12.7 Å². The summed E-state index contributed by atoms with van der Waals surface area (Å²) in [5, 5.41) is 0. The zero-order valence-corrected chi connectivity index (χ0v) is 24.0. The van der Waals surface area contributed by atoms with Crippen LogP contribution in [0.3, 0.4) is 0 Å². The van der Waals surface area contributed by atoms with Crippen molar-refractivity contribution in [2.45, 2.75) is 102 Å². The average molecular weight is 555 g/mol. The molecule has 0 spiro atoms. The summed E-state index contributed by atoms with van der Waals surface area (Å²) in [4.78, 5) is 0. The standard InChI is InChI=1S/C35H45F3O2/c1-3-5-7-23-40-30-19-16-28(33(36)24-30)13-10-25-8-11-26(12-9-25)31-20-21-32(35(38)34(31)37)27-14-17-29(18-15-27)39-22-6-4-2/h3,10,13,16,19-21,24-27,29H,1,4-9,11-12,14-15,17-18,22-23H2,2H3/b13-10+. The van der Waals surface area contributed by atoms with Crippen LogP contribution in [-0.4, -0.2) is 19.3 Å². The Balaban J connectivity index is 1.28. The number of hydrogen-bond donors (Lipinski definition) is 0. The van der Waals surface area contributed by atoms with Crippen LogP contribution in [-0.2, 0) is 4.74 Å². The molecule has 2 aromatic rings. The largest absolute Gasteiger partial charge is 0.493 e. The fourth-order valence-electron chi connectivity index (χ4n) is 6.16. The second-order valence-corrected chi connectivity index (χ2v) is 11.5. The molecule has 218 valence electrons. The smallest absolute Gasteiger partial charge is 0.162 e. The van der Waals surface area contributed by atoms with E-state index < -0.39 is 11.6 Å². The molecule has 4 rings (SSSR count). The Morgan fingerprint density at radius 1 is 0.825 bits per heavy atom. The minimum absolute atomic E-state index is 0.0187. The van der Waals surface area contributed by atoms with Crippen molar-refractivity contribution in [3.8, 4) is 5.75 Å². The van der Waals surface area contributed by atoms with Crippen LogP contribution in [0.15, 0.2) is 49.1 Å². The highest BCUT2D eigenvalue weighted by atomic mass is 19.2. The third-order valence-corrected chi connectivity index (χ3v) is 8.66. The van der Waals surface area contributed by atoms with Gasteiger partial charge in [-0.1, -0.05) is 43.7 Å². The van der Waals surface area contributed by atoms with E-state index in [1.807, 2.05) is 24.3 Å². The first kappa shape index (κ1) is 30.4. The topological polar surface area (TPSA) is 18.5 Å². The molecule has 40 heavy (non-hydrogen) atoms. The number of halogens is 3. The van der Waals surface area contributed by atoms with E-state index in [1.165, 1.54) is 6.07 Å². The van der Waals surface area contributed by atoms with Gasteiger partial charge in [-0.15, -0.1) is 6.58 Å². The first-order valence-corrected chi connectivity index (χ1v) is 15.3. The van der Waals surface area contributed by atoms with Gasteiger partial charge in [0, 0.05) is 18.2 Å². The molecule has 5 heteroatoms. The summed E-state index contributed by atoms with van der Waals surface area (Å²) in [6.07, 6.45) is 16.7. The van der Waals surface area contributed by atoms with Crippen LogP contribution in [0.5, 0.6) is 5.75 Å². The number of rotatable bonds is 13. The van der Waals surface area contributed by atoms with Crippen LogP contribution in [0.4, 0.5) is 13.2 Å². The number of benzene rings is 2. The Morgan fingerprint density at radius 2 is 1.48 bits per heavy atom. The van der Waals surface area contributed by atoms with Crippen molar-refractivity contribution < 1.29 is 22.6 Å². The third-order valence-electron chi connectivity index (χ3n) is 8.66. The Hall–Kier alpha value is -2.53. The molecule has 0 aromatic heterocycles. The second kappa shape index (κ2) is 15.5. The van der Waals surface area contributed by atoms with Gasteiger partial charge >= 0.3 is 0 Å². The van der Waals surface area contributed by atoms with Gasteiger partial charge < -0.3 is 9.47 Å². The molecule has 2 aliphatic carbocycles. The highest BCUT2D eigenvalue weighted by molar-refractivity contribution is 5.52. The molecule has 2 nitrogen and oxygen atoms in total. The monoisotopic (exact) mass is 554 g/mol. The van der Waals surface area contributed by atoms with Gasteiger partial charge in [0.25, 0.3) is 0 Å². The number of unbranched alkanes of at least 4 members (excludes halogenated alkanes) is 2. The predicted molar refractivity (Wildman–Crippen MR) is 157 cm³/mol. The van der Waals surface area contributed by atoms with E-state index in [0.29, 0.717) is 35.0 Å². The summed E-state index contributed by atoms with van der Waals surface area (Å²) < 4.78 is 56.6. The Morgan fingerprint density at radius 3 is 2.08 bits per heavy atom. The Bertz CT molecular complexity index is 1110. The van der Waals surface area contributed by atoms with Crippen LogP contribution < -0.4 is 4.74 Å². The molecule has 2 saturated carbocycles. The first-order valence-electron chi connectivity index (χ1n) is 15.3. The fraction of sp³-hybridized carbons (Fsp3) is 0.543. The summed E-state index contributed by atoms with van der Waals surface area (Å²) in [6, 6.07) is 8.62. The van der Waals surface area contributed by atoms with Crippen molar-refractivity contribution in [2.75, 3.05) is 13.2 Å². The van der Waals surface area contributed by atoms with Gasteiger partial charge in [-0.05, 0) is 112 Å². The van der Waals surface area contributed by atoms with Crippen molar-refractivity contribution in [1.82, 2.24) is 0 Å². The van der Waals surface area contributed by atoms with Crippen molar-refractivity contribution >= 4 is 6.08 Å². The van der Waals surface area contributed by atoms with E-state index in [1.54, 1.807) is 12.1 Å². The van der Waals surface area contributed by atoms with Crippen molar-refractivity contribution in [3.05, 3.63) is 83.2 Å². The van der Waals surface area contributed by atoms with Crippen molar-refractivity contribution in [2.24, 2.45) is 5.92 Å². The summed E-state index contributed by atoms with van der Waals surface area (Å²) in [5.74, 6) is -0.707. The lowest BCUT2D eigenvalue weighted by atomic mass is 9.77. The highest BCUT2D eigenvalue weighted by Gasteiger charge is 2.29. The molecule has 2 aliphatic rings. The first-order chi connectivity index (χ1) is 19.5. The van der Waals surface area contributed by atoms with E-state index in [0.717, 1.165) is 83.7 Å². The van der Waals surface area contributed by atoms with E-state index in [2.05, 4.69) is 19.6 Å². The minimum Gasteiger partial charge on any atom is -0.493 e. The quantitative estimate of drug-likeness (QED) is 0.181. The number of ether oxygens (including phenoxy) is 2. The van der Waals surface area contributed by atoms with Crippen LogP contribution in [0.1, 0.15) is 112 Å². The van der Waals surface area contributed by atoms with Gasteiger partial charge in [0.15, 0.2) is 11.6 Å². The molecule has 0 aliphatic heterocycles. The van der Waals surface area contributed by atoms with Crippen LogP contribution in [0.2, 0.25) is 0 Å². The van der Waals surface area contributed by atoms with E-state index in [9.17, 15) is 4.39 Å². The van der Waals surface area contributed by atoms with Crippen LogP contribution >= 0.6 is 0 Å². The maximum Gasteiger partial charge on any atom is 0.162 e. The summed E-state index contributed by atoms with van der Waals surface area (Å²) in [6.45, 7) is 7.16. The van der Waals surface area contributed by atoms with Gasteiger partial charge in [-0.25, -0.2) is 13.2 Å². The lowest BCUT2D eigenvalue weighted by Crippen LogP contribution is -2.22. The van der Waals surface area contributed by atoms with Gasteiger partial charge in [-0.2, -0.15) is 0 Å². The zero-order valence-electron chi connectivity index (χ0n) is 24.0. The Labute approximate surface area is 238 Å². The number of hydrogen-bond acceptors (Lipinski definition) is 2. The molecule has 0 N–H and O–H groups in total. The summed E-state index contributed by atoms with van der Waals surface area (Å²) in [5.41, 5.74) is 1.57. The molecule has 0 heterocycles. The molecule has 0 unspecified atom stereocenters. The summed E-state index contributed by atoms with van der Waals surface area (Å²) >= 11 is 0. The fourth-order valence-corrected chi connectivity index (χ4v) is 6.16.